The van der Waals surface area contributed by atoms with Gasteiger partial charge in [-0.3, -0.25) is 33.6 Å². The first kappa shape index (κ1) is 33.2. The maximum absolute atomic E-state index is 12.6. The average Bonchev–Trinajstić information content (AvgIpc) is 3.43. The van der Waals surface area contributed by atoms with Gasteiger partial charge in [0, 0.05) is 33.5 Å². The van der Waals surface area contributed by atoms with Crippen molar-refractivity contribution in [3.63, 3.8) is 0 Å². The number of nitrogens with one attached hydrogen (secondary N) is 3. The highest BCUT2D eigenvalue weighted by molar-refractivity contribution is 8.00. The van der Waals surface area contributed by atoms with Crippen LogP contribution in [0.15, 0.2) is 12.2 Å². The minimum Gasteiger partial charge on any atom is -0.359 e. The number of unbranched alkanes of at least 4 members (excludes halogenated alkanes) is 2. The van der Waals surface area contributed by atoms with Crippen molar-refractivity contribution in [2.75, 3.05) is 40.0 Å². The van der Waals surface area contributed by atoms with Crippen molar-refractivity contribution in [1.82, 2.24) is 20.9 Å². The van der Waals surface area contributed by atoms with Gasteiger partial charge in [0.05, 0.1) is 24.5 Å². The van der Waals surface area contributed by atoms with Gasteiger partial charge in [-0.25, -0.2) is 0 Å². The van der Waals surface area contributed by atoms with Crippen LogP contribution in [0, 0.1) is 0 Å². The lowest BCUT2D eigenvalue weighted by molar-refractivity contribution is -0.141. The van der Waals surface area contributed by atoms with Crippen LogP contribution >= 0.6 is 11.8 Å². The van der Waals surface area contributed by atoms with Gasteiger partial charge in [-0.1, -0.05) is 6.42 Å². The van der Waals surface area contributed by atoms with E-state index in [-0.39, 0.29) is 65.4 Å². The SMILES string of the molecule is CNCCCNC(=O)[C@H](CC(=O)NC)N(C)C(=O)CCCCCSC1CC(=O)CC1=O.O=C1C=CC(=O)C1. The number of allylic oxidation sites excluding steroid dienone is 2. The predicted molar refractivity (Wildman–Crippen MR) is 145 cm³/mol. The molecule has 0 radical (unpaired) electrons. The van der Waals surface area contributed by atoms with Crippen molar-refractivity contribution >= 4 is 52.6 Å². The first-order chi connectivity index (χ1) is 18.1. The number of Topliss-reactive ketones (excluding diaryl/α,β-unsaturated/α-hetero) is 2. The quantitative estimate of drug-likeness (QED) is 0.193. The van der Waals surface area contributed by atoms with E-state index in [1.54, 1.807) is 7.05 Å². The molecule has 0 bridgehead atoms. The molecule has 38 heavy (non-hydrogen) atoms. The van der Waals surface area contributed by atoms with Crippen molar-refractivity contribution in [3.8, 4) is 0 Å². The third-order valence-electron chi connectivity index (χ3n) is 6.03. The fourth-order valence-electron chi connectivity index (χ4n) is 3.74. The molecule has 1 saturated carbocycles. The molecule has 0 aromatic heterocycles. The van der Waals surface area contributed by atoms with Crippen LogP contribution in [0.2, 0.25) is 0 Å². The lowest BCUT2D eigenvalue weighted by Gasteiger charge is -2.27. The summed E-state index contributed by atoms with van der Waals surface area (Å²) in [6.07, 6.45) is 6.41. The Kier molecular flexibility index (Phi) is 16.1. The number of amides is 3. The molecule has 0 aromatic carbocycles. The number of nitrogens with zero attached hydrogens (tertiary/aromatic N) is 1. The van der Waals surface area contributed by atoms with Crippen LogP contribution in [0.5, 0.6) is 0 Å². The van der Waals surface area contributed by atoms with Crippen LogP contribution in [-0.4, -0.2) is 97.0 Å². The average molecular weight is 553 g/mol. The van der Waals surface area contributed by atoms with Crippen molar-refractivity contribution < 1.29 is 33.6 Å². The van der Waals surface area contributed by atoms with E-state index in [0.717, 1.165) is 31.6 Å². The Morgan fingerprint density at radius 1 is 0.974 bits per heavy atom. The van der Waals surface area contributed by atoms with Gasteiger partial charge < -0.3 is 20.9 Å². The largest absolute Gasteiger partial charge is 0.359 e. The zero-order valence-corrected chi connectivity index (χ0v) is 23.3. The van der Waals surface area contributed by atoms with Crippen molar-refractivity contribution in [2.45, 2.75) is 69.1 Å². The highest BCUT2D eigenvalue weighted by Crippen LogP contribution is 2.25. The lowest BCUT2D eigenvalue weighted by Crippen LogP contribution is -2.50. The molecule has 11 nitrogen and oxygen atoms in total. The first-order valence-electron chi connectivity index (χ1n) is 12.9. The maximum Gasteiger partial charge on any atom is 0.243 e. The smallest absolute Gasteiger partial charge is 0.243 e. The zero-order chi connectivity index (χ0) is 28.5. The zero-order valence-electron chi connectivity index (χ0n) is 22.5. The molecule has 0 saturated heterocycles. The summed E-state index contributed by atoms with van der Waals surface area (Å²) in [7, 11) is 4.89. The van der Waals surface area contributed by atoms with Gasteiger partial charge in [-0.2, -0.15) is 11.8 Å². The summed E-state index contributed by atoms with van der Waals surface area (Å²) in [6.45, 7) is 1.23. The van der Waals surface area contributed by atoms with E-state index >= 15 is 0 Å². The van der Waals surface area contributed by atoms with E-state index in [4.69, 9.17) is 0 Å². The number of carbonyl (C=O) groups excluding carboxylic acids is 7. The molecule has 2 aliphatic rings. The van der Waals surface area contributed by atoms with Crippen LogP contribution < -0.4 is 16.0 Å². The Balaban J connectivity index is 0.000000884. The molecule has 12 heteroatoms. The summed E-state index contributed by atoms with van der Waals surface area (Å²) in [5.41, 5.74) is 0. The molecule has 3 N–H and O–H groups in total. The van der Waals surface area contributed by atoms with Gasteiger partial charge in [-0.15, -0.1) is 0 Å². The standard InChI is InChI=1S/C21H36N4O5S.C5H4O2/c1-22-9-7-10-24-21(30)16(14-19(28)23-2)25(3)20(29)8-5-4-6-11-31-18-13-15(26)12-17(18)27;6-4-1-2-5(7)3-4/h16,18,22H,4-14H2,1-3H3,(H,23,28)(H,24,30);1-2H,3H2/t16-,18?;/m0./s1. The summed E-state index contributed by atoms with van der Waals surface area (Å²) in [5, 5.41) is 8.10. The molecule has 2 rings (SSSR count). The summed E-state index contributed by atoms with van der Waals surface area (Å²) >= 11 is 1.52. The molecule has 1 unspecified atom stereocenters. The van der Waals surface area contributed by atoms with Crippen LogP contribution in [-0.2, 0) is 33.6 Å². The summed E-state index contributed by atoms with van der Waals surface area (Å²) in [4.78, 5) is 81.5. The van der Waals surface area contributed by atoms with E-state index in [9.17, 15) is 33.6 Å². The summed E-state index contributed by atoms with van der Waals surface area (Å²) < 4.78 is 0. The molecule has 212 valence electrons. The van der Waals surface area contributed by atoms with Crippen molar-refractivity contribution in [1.29, 1.82) is 0 Å². The summed E-state index contributed by atoms with van der Waals surface area (Å²) in [5.74, 6) is -0.137. The molecule has 3 amide bonds. The Hall–Kier alpha value is -2.86. The fourth-order valence-corrected chi connectivity index (χ4v) is 4.97. The van der Waals surface area contributed by atoms with Gasteiger partial charge in [0.15, 0.2) is 17.3 Å². The number of likely N-dealkylation sites (N-methyl/N-ethyl adjacent to an activating group) is 1. The van der Waals surface area contributed by atoms with Crippen LogP contribution in [0.4, 0.5) is 0 Å². The van der Waals surface area contributed by atoms with Gasteiger partial charge in [-0.05, 0) is 50.8 Å². The minimum atomic E-state index is -0.844. The topological polar surface area (TPSA) is 159 Å². The Morgan fingerprint density at radius 2 is 1.66 bits per heavy atom. The van der Waals surface area contributed by atoms with Gasteiger partial charge in [0.1, 0.15) is 11.8 Å². The normalized spacial score (nSPS) is 17.2. The third kappa shape index (κ3) is 13.1. The maximum atomic E-state index is 12.6. The third-order valence-corrected chi connectivity index (χ3v) is 7.38. The first-order valence-corrected chi connectivity index (χ1v) is 13.9. The number of thioether (sulfide) groups is 1. The van der Waals surface area contributed by atoms with Crippen LogP contribution in [0.25, 0.3) is 0 Å². The minimum absolute atomic E-state index is 0.0218. The molecule has 2 aliphatic carbocycles. The molecular formula is C26H40N4O7S. The van der Waals surface area contributed by atoms with E-state index in [1.807, 2.05) is 7.05 Å². The number of ketones is 4. The molecule has 0 aliphatic heterocycles. The van der Waals surface area contributed by atoms with E-state index in [2.05, 4.69) is 16.0 Å². The van der Waals surface area contributed by atoms with E-state index < -0.39 is 6.04 Å². The molecular weight excluding hydrogens is 512 g/mol. The monoisotopic (exact) mass is 552 g/mol. The van der Waals surface area contributed by atoms with E-state index in [1.165, 1.54) is 35.9 Å². The predicted octanol–water partition coefficient (Wildman–Crippen LogP) is 0.354. The van der Waals surface area contributed by atoms with Crippen LogP contribution in [0.3, 0.4) is 0 Å². The molecule has 1 fully saturated rings. The fraction of sp³-hybridized carbons (Fsp3) is 0.654. The number of hydrogen-bond acceptors (Lipinski definition) is 9. The molecule has 0 aromatic rings. The number of hydrogen-bond donors (Lipinski definition) is 3. The summed E-state index contributed by atoms with van der Waals surface area (Å²) in [6, 6.07) is -0.844. The second-order valence-corrected chi connectivity index (χ2v) is 10.5. The number of rotatable bonds is 15. The second kappa shape index (κ2) is 18.4. The van der Waals surface area contributed by atoms with Gasteiger partial charge >= 0.3 is 0 Å². The number of carbonyl (C=O) groups is 7. The van der Waals surface area contributed by atoms with Gasteiger partial charge in [0.25, 0.3) is 0 Å². The van der Waals surface area contributed by atoms with Gasteiger partial charge in [0.2, 0.25) is 17.7 Å². The Morgan fingerprint density at radius 3 is 2.18 bits per heavy atom. The van der Waals surface area contributed by atoms with Crippen LogP contribution in [0.1, 0.15) is 57.8 Å². The van der Waals surface area contributed by atoms with Crippen molar-refractivity contribution in [3.05, 3.63) is 12.2 Å². The molecule has 0 heterocycles. The second-order valence-electron chi connectivity index (χ2n) is 9.14. The highest BCUT2D eigenvalue weighted by Gasteiger charge is 2.31. The highest BCUT2D eigenvalue weighted by atomic mass is 32.2. The lowest BCUT2D eigenvalue weighted by atomic mass is 10.1. The molecule has 2 atom stereocenters. The molecule has 0 spiro atoms. The van der Waals surface area contributed by atoms with E-state index in [0.29, 0.717) is 25.8 Å². The Bertz CT molecular complexity index is 890. The van der Waals surface area contributed by atoms with Crippen molar-refractivity contribution in [2.24, 2.45) is 0 Å². The Labute approximate surface area is 228 Å².